The monoisotopic (exact) mass is 436 g/mol. The minimum atomic E-state index is -0.0627. The topological polar surface area (TPSA) is 69.0 Å². The van der Waals surface area contributed by atoms with Crippen molar-refractivity contribution in [3.05, 3.63) is 103 Å². The Labute approximate surface area is 191 Å². The number of aromatic nitrogens is 3. The molecule has 2 heterocycles. The van der Waals surface area contributed by atoms with E-state index in [4.69, 9.17) is 9.72 Å². The van der Waals surface area contributed by atoms with E-state index in [-0.39, 0.29) is 19.1 Å². The van der Waals surface area contributed by atoms with Gasteiger partial charge >= 0.3 is 0 Å². The molecule has 3 aromatic carbocycles. The number of amides is 1. The number of ether oxygens (including phenoxy) is 1. The third kappa shape index (κ3) is 4.70. The van der Waals surface area contributed by atoms with Crippen molar-refractivity contribution in [2.24, 2.45) is 0 Å². The van der Waals surface area contributed by atoms with Crippen molar-refractivity contribution >= 4 is 27.8 Å². The molecule has 5 rings (SSSR count). The van der Waals surface area contributed by atoms with E-state index < -0.39 is 0 Å². The van der Waals surface area contributed by atoms with Gasteiger partial charge in [-0.15, -0.1) is 0 Å². The van der Waals surface area contributed by atoms with Gasteiger partial charge in [-0.3, -0.25) is 9.78 Å². The second kappa shape index (κ2) is 9.53. The summed E-state index contributed by atoms with van der Waals surface area (Å²) in [7, 11) is 0. The van der Waals surface area contributed by atoms with E-state index in [9.17, 15) is 4.79 Å². The maximum Gasteiger partial charge on any atom is 0.240 e. The first-order valence-corrected chi connectivity index (χ1v) is 11.0. The minimum absolute atomic E-state index is 0.0627. The molecule has 0 aliphatic rings. The third-order valence-corrected chi connectivity index (χ3v) is 5.58. The van der Waals surface area contributed by atoms with E-state index in [1.54, 1.807) is 6.20 Å². The van der Waals surface area contributed by atoms with Crippen molar-refractivity contribution in [3.8, 4) is 5.75 Å². The number of nitrogens with zero attached hydrogens (tertiary/aromatic N) is 3. The summed E-state index contributed by atoms with van der Waals surface area (Å²) in [6, 6.07) is 27.5. The van der Waals surface area contributed by atoms with Gasteiger partial charge in [0, 0.05) is 18.1 Å². The van der Waals surface area contributed by atoms with Crippen LogP contribution in [0.4, 0.5) is 0 Å². The largest absolute Gasteiger partial charge is 0.486 e. The number of nitrogens with one attached hydrogen (secondary N) is 1. The van der Waals surface area contributed by atoms with Gasteiger partial charge in [0.2, 0.25) is 5.91 Å². The Morgan fingerprint density at radius 3 is 2.64 bits per heavy atom. The Morgan fingerprint density at radius 2 is 1.73 bits per heavy atom. The smallest absolute Gasteiger partial charge is 0.240 e. The SMILES string of the molecule is O=C(Cn1c(COc2ccccc2)nc2ccccc21)NCCc1cccc2cccnc12. The fourth-order valence-corrected chi connectivity index (χ4v) is 3.98. The fourth-order valence-electron chi connectivity index (χ4n) is 3.98. The number of hydrogen-bond acceptors (Lipinski definition) is 4. The van der Waals surface area contributed by atoms with E-state index in [0.29, 0.717) is 12.4 Å². The Balaban J connectivity index is 1.27. The van der Waals surface area contributed by atoms with Gasteiger partial charge in [-0.05, 0) is 42.3 Å². The zero-order valence-electron chi connectivity index (χ0n) is 18.1. The van der Waals surface area contributed by atoms with E-state index in [1.165, 1.54) is 0 Å². The number of hydrogen-bond donors (Lipinski definition) is 1. The highest BCUT2D eigenvalue weighted by atomic mass is 16.5. The number of carbonyl (C=O) groups excluding carboxylic acids is 1. The lowest BCUT2D eigenvalue weighted by atomic mass is 10.1. The van der Waals surface area contributed by atoms with Crippen LogP contribution in [0.2, 0.25) is 0 Å². The van der Waals surface area contributed by atoms with Gasteiger partial charge in [-0.1, -0.05) is 54.6 Å². The number of carbonyl (C=O) groups is 1. The molecule has 1 amide bonds. The molecule has 0 aliphatic carbocycles. The Morgan fingerprint density at radius 1 is 0.909 bits per heavy atom. The van der Waals surface area contributed by atoms with E-state index in [1.807, 2.05) is 83.4 Å². The van der Waals surface area contributed by atoms with Crippen LogP contribution in [-0.2, 0) is 24.4 Å². The molecule has 0 unspecified atom stereocenters. The molecule has 0 atom stereocenters. The number of para-hydroxylation sites is 4. The maximum absolute atomic E-state index is 12.8. The normalized spacial score (nSPS) is 11.0. The first-order valence-electron chi connectivity index (χ1n) is 11.0. The van der Waals surface area contributed by atoms with Crippen LogP contribution < -0.4 is 10.1 Å². The maximum atomic E-state index is 12.8. The number of rotatable bonds is 8. The second-order valence-corrected chi connectivity index (χ2v) is 7.80. The number of imidazole rings is 1. The summed E-state index contributed by atoms with van der Waals surface area (Å²) < 4.78 is 7.83. The predicted octanol–water partition coefficient (Wildman–Crippen LogP) is 4.52. The third-order valence-electron chi connectivity index (χ3n) is 5.58. The van der Waals surface area contributed by atoms with E-state index in [0.717, 1.165) is 39.7 Å². The second-order valence-electron chi connectivity index (χ2n) is 7.80. The lowest BCUT2D eigenvalue weighted by Crippen LogP contribution is -2.30. The molecule has 0 bridgehead atoms. The highest BCUT2D eigenvalue weighted by molar-refractivity contribution is 5.82. The van der Waals surface area contributed by atoms with Crippen LogP contribution in [0.1, 0.15) is 11.4 Å². The molecule has 5 aromatic rings. The van der Waals surface area contributed by atoms with Crippen LogP contribution >= 0.6 is 0 Å². The lowest BCUT2D eigenvalue weighted by molar-refractivity contribution is -0.121. The molecule has 6 heteroatoms. The Hall–Kier alpha value is -4.19. The minimum Gasteiger partial charge on any atom is -0.486 e. The van der Waals surface area contributed by atoms with Crippen LogP contribution in [-0.4, -0.2) is 27.0 Å². The summed E-state index contributed by atoms with van der Waals surface area (Å²) in [4.78, 5) is 22.0. The molecule has 0 aliphatic heterocycles. The lowest BCUT2D eigenvalue weighted by Gasteiger charge is -2.11. The van der Waals surface area contributed by atoms with Crippen molar-refractivity contribution in [2.75, 3.05) is 6.54 Å². The summed E-state index contributed by atoms with van der Waals surface area (Å²) >= 11 is 0. The molecular formula is C27H24N4O2. The van der Waals surface area contributed by atoms with Crippen molar-refractivity contribution in [1.82, 2.24) is 19.9 Å². The molecule has 6 nitrogen and oxygen atoms in total. The zero-order valence-corrected chi connectivity index (χ0v) is 18.1. The molecule has 0 fully saturated rings. The average molecular weight is 437 g/mol. The van der Waals surface area contributed by atoms with Crippen LogP contribution in [0.15, 0.2) is 91.1 Å². The van der Waals surface area contributed by atoms with Crippen LogP contribution in [0.3, 0.4) is 0 Å². The Bertz CT molecular complexity index is 1390. The summed E-state index contributed by atoms with van der Waals surface area (Å²) in [6.45, 7) is 1.01. The van der Waals surface area contributed by atoms with Crippen molar-refractivity contribution < 1.29 is 9.53 Å². The predicted molar refractivity (Wildman–Crippen MR) is 129 cm³/mol. The summed E-state index contributed by atoms with van der Waals surface area (Å²) in [6.07, 6.45) is 2.52. The standard InChI is InChI=1S/C27H24N4O2/c32-26(28-17-15-21-9-6-8-20-10-7-16-29-27(20)21)18-31-24-14-5-4-13-23(24)30-25(31)19-33-22-11-2-1-3-12-22/h1-14,16H,15,17-19H2,(H,28,32). The Kier molecular flexibility index (Phi) is 5.97. The molecule has 164 valence electrons. The molecular weight excluding hydrogens is 412 g/mol. The zero-order chi connectivity index (χ0) is 22.5. The van der Waals surface area contributed by atoms with Crippen LogP contribution in [0.5, 0.6) is 5.75 Å². The number of fused-ring (bicyclic) bond motifs is 2. The van der Waals surface area contributed by atoms with Crippen LogP contribution in [0.25, 0.3) is 21.9 Å². The van der Waals surface area contributed by atoms with Gasteiger partial charge in [0.25, 0.3) is 0 Å². The van der Waals surface area contributed by atoms with Gasteiger partial charge in [-0.2, -0.15) is 0 Å². The van der Waals surface area contributed by atoms with Gasteiger partial charge < -0.3 is 14.6 Å². The molecule has 0 spiro atoms. The molecule has 1 N–H and O–H groups in total. The molecule has 2 aromatic heterocycles. The first kappa shape index (κ1) is 20.7. The molecule has 0 saturated heterocycles. The molecule has 0 radical (unpaired) electrons. The van der Waals surface area contributed by atoms with E-state index >= 15 is 0 Å². The van der Waals surface area contributed by atoms with Gasteiger partial charge in [0.05, 0.1) is 16.6 Å². The summed E-state index contributed by atoms with van der Waals surface area (Å²) in [5, 5.41) is 4.15. The van der Waals surface area contributed by atoms with Gasteiger partial charge in [0.15, 0.2) is 0 Å². The summed E-state index contributed by atoms with van der Waals surface area (Å²) in [5.74, 6) is 1.42. The van der Waals surface area contributed by atoms with E-state index in [2.05, 4.69) is 16.4 Å². The molecule has 0 saturated carbocycles. The van der Waals surface area contributed by atoms with Gasteiger partial charge in [-0.25, -0.2) is 4.98 Å². The molecule has 33 heavy (non-hydrogen) atoms. The van der Waals surface area contributed by atoms with Gasteiger partial charge in [0.1, 0.15) is 24.7 Å². The number of pyridine rings is 1. The van der Waals surface area contributed by atoms with Crippen molar-refractivity contribution in [1.29, 1.82) is 0 Å². The highest BCUT2D eigenvalue weighted by Gasteiger charge is 2.14. The first-order chi connectivity index (χ1) is 16.3. The van der Waals surface area contributed by atoms with Crippen molar-refractivity contribution in [2.45, 2.75) is 19.6 Å². The van der Waals surface area contributed by atoms with Crippen molar-refractivity contribution in [3.63, 3.8) is 0 Å². The van der Waals surface area contributed by atoms with Crippen LogP contribution in [0, 0.1) is 0 Å². The quantitative estimate of drug-likeness (QED) is 0.388. The average Bonchev–Trinajstić information content (AvgIpc) is 3.21. The highest BCUT2D eigenvalue weighted by Crippen LogP contribution is 2.19. The fraction of sp³-hybridized carbons (Fsp3) is 0.148. The number of benzene rings is 3. The summed E-state index contributed by atoms with van der Waals surface area (Å²) in [5.41, 5.74) is 3.87.